The van der Waals surface area contributed by atoms with Crippen LogP contribution in [-0.4, -0.2) is 25.9 Å². The first kappa shape index (κ1) is 15.0. The van der Waals surface area contributed by atoms with Gasteiger partial charge in [0.25, 0.3) is 0 Å². The molecular formula is C21H33NSi. The van der Waals surface area contributed by atoms with Crippen LogP contribution in [0.1, 0.15) is 38.5 Å². The monoisotopic (exact) mass is 327 g/mol. The third kappa shape index (κ3) is 2.43. The first-order valence-electron chi connectivity index (χ1n) is 10.2. The summed E-state index contributed by atoms with van der Waals surface area (Å²) in [5.41, 5.74) is 1.06. The molecule has 3 fully saturated rings. The topological polar surface area (TPSA) is 3.24 Å². The second-order valence-corrected chi connectivity index (χ2v) is 14.7. The summed E-state index contributed by atoms with van der Waals surface area (Å²) in [5, 5.41) is 0. The lowest BCUT2D eigenvalue weighted by Gasteiger charge is -2.38. The second-order valence-electron chi connectivity index (χ2n) is 9.90. The van der Waals surface area contributed by atoms with Gasteiger partial charge in [-0.15, -0.1) is 0 Å². The zero-order valence-corrected chi connectivity index (χ0v) is 16.0. The Morgan fingerprint density at radius 2 is 1.52 bits per heavy atom. The summed E-state index contributed by atoms with van der Waals surface area (Å²) in [5.74, 6) is 5.80. The molecule has 0 spiro atoms. The van der Waals surface area contributed by atoms with E-state index in [2.05, 4.69) is 42.0 Å². The minimum absolute atomic E-state index is 0.930. The summed E-state index contributed by atoms with van der Waals surface area (Å²) in [6.45, 7) is 8.23. The Labute approximate surface area is 143 Å². The van der Waals surface area contributed by atoms with Crippen molar-refractivity contribution in [1.82, 2.24) is 4.57 Å². The normalized spacial score (nSPS) is 49.7. The minimum atomic E-state index is -1.20. The van der Waals surface area contributed by atoms with E-state index in [0.29, 0.717) is 0 Å². The van der Waals surface area contributed by atoms with Crippen LogP contribution in [0.15, 0.2) is 24.3 Å². The highest BCUT2D eigenvalue weighted by atomic mass is 28.3. The van der Waals surface area contributed by atoms with Crippen LogP contribution in [0, 0.1) is 35.5 Å². The van der Waals surface area contributed by atoms with E-state index in [4.69, 9.17) is 0 Å². The average Bonchev–Trinajstić information content (AvgIpc) is 3.30. The number of fused-ring (bicyclic) bond motifs is 4. The lowest BCUT2D eigenvalue weighted by Crippen LogP contribution is -2.48. The summed E-state index contributed by atoms with van der Waals surface area (Å²) >= 11 is 0. The molecule has 0 amide bonds. The van der Waals surface area contributed by atoms with Crippen LogP contribution < -0.4 is 0 Å². The Balaban J connectivity index is 1.23. The fraction of sp³-hybridized carbons (Fsp3) is 0.810. The molecule has 1 nitrogen and oxygen atoms in total. The number of allylic oxidation sites excluding steroid dienone is 4. The smallest absolute Gasteiger partial charge is 0.125 e. The lowest BCUT2D eigenvalue weighted by molar-refractivity contribution is 0.324. The van der Waals surface area contributed by atoms with Crippen LogP contribution in [0.3, 0.4) is 0 Å². The van der Waals surface area contributed by atoms with Crippen molar-refractivity contribution in [1.29, 1.82) is 0 Å². The molecule has 5 aliphatic rings. The van der Waals surface area contributed by atoms with Crippen molar-refractivity contribution in [3.63, 3.8) is 0 Å². The molecule has 5 rings (SSSR count). The molecule has 2 heteroatoms. The maximum atomic E-state index is 3.01. The van der Waals surface area contributed by atoms with Gasteiger partial charge in [0.1, 0.15) is 8.24 Å². The third-order valence-corrected chi connectivity index (χ3v) is 13.0. The van der Waals surface area contributed by atoms with Gasteiger partial charge in [0.15, 0.2) is 0 Å². The van der Waals surface area contributed by atoms with Gasteiger partial charge in [-0.2, -0.15) is 0 Å². The standard InChI is InChI=1S/C21H33NSi/c1-23(2)21(13-19-11-15-3-5-17(19)9-15)7-8-22(23)14-20-12-16-4-6-18(20)10-16/h3-6,15-21H,7-14H2,1-2H3. The number of rotatable bonds is 4. The Hall–Kier alpha value is -0.343. The molecule has 0 radical (unpaired) electrons. The molecule has 4 bridgehead atoms. The Bertz CT molecular complexity index is 490. The van der Waals surface area contributed by atoms with Gasteiger partial charge >= 0.3 is 0 Å². The van der Waals surface area contributed by atoms with E-state index in [1.165, 1.54) is 45.2 Å². The first-order chi connectivity index (χ1) is 11.1. The summed E-state index contributed by atoms with van der Waals surface area (Å²) in [7, 11) is -1.20. The van der Waals surface area contributed by atoms with Gasteiger partial charge in [0.05, 0.1) is 0 Å². The van der Waals surface area contributed by atoms with E-state index in [9.17, 15) is 0 Å². The minimum Gasteiger partial charge on any atom is -0.323 e. The molecular weight excluding hydrogens is 294 g/mol. The van der Waals surface area contributed by atoms with Crippen LogP contribution in [0.25, 0.3) is 0 Å². The Kier molecular flexibility index (Phi) is 3.46. The molecule has 1 saturated heterocycles. The SMILES string of the molecule is C[Si]1(C)C(CC2CC3C=CC2C3)CCN1CC1CC2C=CC1C2. The third-order valence-electron chi connectivity index (χ3n) is 8.44. The van der Waals surface area contributed by atoms with Crippen LogP contribution >= 0.6 is 0 Å². The van der Waals surface area contributed by atoms with E-state index in [1.807, 2.05) is 0 Å². The van der Waals surface area contributed by atoms with E-state index >= 15 is 0 Å². The highest BCUT2D eigenvalue weighted by molar-refractivity contribution is 6.76. The van der Waals surface area contributed by atoms with Crippen LogP contribution in [0.5, 0.6) is 0 Å². The molecule has 23 heavy (non-hydrogen) atoms. The van der Waals surface area contributed by atoms with Crippen LogP contribution in [-0.2, 0) is 0 Å². The quantitative estimate of drug-likeness (QED) is 0.514. The lowest BCUT2D eigenvalue weighted by atomic mass is 9.88. The van der Waals surface area contributed by atoms with Gasteiger partial charge in [-0.25, -0.2) is 0 Å². The molecule has 0 aromatic rings. The Morgan fingerprint density at radius 1 is 0.870 bits per heavy atom. The molecule has 7 unspecified atom stereocenters. The van der Waals surface area contributed by atoms with Gasteiger partial charge in [0, 0.05) is 0 Å². The van der Waals surface area contributed by atoms with E-state index < -0.39 is 8.24 Å². The van der Waals surface area contributed by atoms with Gasteiger partial charge in [-0.3, -0.25) is 0 Å². The van der Waals surface area contributed by atoms with Crippen molar-refractivity contribution < 1.29 is 0 Å². The van der Waals surface area contributed by atoms with Crippen molar-refractivity contribution in [3.05, 3.63) is 24.3 Å². The van der Waals surface area contributed by atoms with Gasteiger partial charge < -0.3 is 4.57 Å². The van der Waals surface area contributed by atoms with Crippen molar-refractivity contribution in [3.8, 4) is 0 Å². The summed E-state index contributed by atoms with van der Waals surface area (Å²) in [4.78, 5) is 0. The largest absolute Gasteiger partial charge is 0.323 e. The van der Waals surface area contributed by atoms with E-state index in [1.54, 1.807) is 6.42 Å². The predicted octanol–water partition coefficient (Wildman–Crippen LogP) is 5.08. The molecule has 126 valence electrons. The maximum absolute atomic E-state index is 3.01. The predicted molar refractivity (Wildman–Crippen MR) is 99.7 cm³/mol. The first-order valence-corrected chi connectivity index (χ1v) is 13.2. The van der Waals surface area contributed by atoms with Crippen LogP contribution in [0.2, 0.25) is 18.6 Å². The van der Waals surface area contributed by atoms with Crippen molar-refractivity contribution in [2.75, 3.05) is 13.1 Å². The highest BCUT2D eigenvalue weighted by Crippen LogP contribution is 2.51. The molecule has 1 heterocycles. The molecule has 4 aliphatic carbocycles. The van der Waals surface area contributed by atoms with Gasteiger partial charge in [-0.1, -0.05) is 37.4 Å². The molecule has 0 aromatic heterocycles. The molecule has 7 atom stereocenters. The fourth-order valence-corrected chi connectivity index (χ4v) is 10.5. The molecule has 2 saturated carbocycles. The van der Waals surface area contributed by atoms with Crippen molar-refractivity contribution in [2.24, 2.45) is 35.5 Å². The van der Waals surface area contributed by atoms with Gasteiger partial charge in [0.2, 0.25) is 0 Å². The molecule has 0 aromatic carbocycles. The average molecular weight is 328 g/mol. The highest BCUT2D eigenvalue weighted by Gasteiger charge is 2.48. The zero-order chi connectivity index (χ0) is 15.6. The molecule has 1 aliphatic heterocycles. The van der Waals surface area contributed by atoms with E-state index in [-0.39, 0.29) is 0 Å². The second kappa shape index (κ2) is 5.33. The maximum Gasteiger partial charge on any atom is 0.125 e. The van der Waals surface area contributed by atoms with Crippen LogP contribution in [0.4, 0.5) is 0 Å². The van der Waals surface area contributed by atoms with Gasteiger partial charge in [-0.05, 0) is 92.7 Å². The van der Waals surface area contributed by atoms with Crippen molar-refractivity contribution >= 4 is 8.24 Å². The summed E-state index contributed by atoms with van der Waals surface area (Å²) < 4.78 is 3.01. The molecule has 0 N–H and O–H groups in total. The summed E-state index contributed by atoms with van der Waals surface area (Å²) in [6.07, 6.45) is 19.1. The number of hydrogen-bond donors (Lipinski definition) is 0. The number of hydrogen-bond acceptors (Lipinski definition) is 1. The Morgan fingerprint density at radius 3 is 2.09 bits per heavy atom. The fourth-order valence-electron chi connectivity index (χ4n) is 6.86. The zero-order valence-electron chi connectivity index (χ0n) is 15.0. The van der Waals surface area contributed by atoms with Crippen molar-refractivity contribution in [2.45, 2.75) is 57.2 Å². The van der Waals surface area contributed by atoms with E-state index in [0.717, 1.165) is 41.0 Å². The summed E-state index contributed by atoms with van der Waals surface area (Å²) in [6, 6.07) is 0. The number of nitrogens with zero attached hydrogens (tertiary/aromatic N) is 1.